The van der Waals surface area contributed by atoms with Crippen molar-refractivity contribution in [3.8, 4) is 0 Å². The second-order valence-corrected chi connectivity index (χ2v) is 10.2. The fraction of sp³-hybridized carbons (Fsp3) is 0.269. The fourth-order valence-corrected chi connectivity index (χ4v) is 6.69. The summed E-state index contributed by atoms with van der Waals surface area (Å²) in [6, 6.07) is 30.3. The van der Waals surface area contributed by atoms with Crippen molar-refractivity contribution in [2.24, 2.45) is 5.92 Å². The Labute approximate surface area is 180 Å². The first-order valence-corrected chi connectivity index (χ1v) is 11.9. The van der Waals surface area contributed by atoms with E-state index in [9.17, 15) is 9.90 Å². The van der Waals surface area contributed by atoms with Crippen LogP contribution in [0, 0.1) is 5.92 Å². The molecule has 0 aromatic heterocycles. The zero-order valence-corrected chi connectivity index (χ0v) is 18.5. The number of rotatable bonds is 9. The van der Waals surface area contributed by atoms with Crippen LogP contribution in [0.3, 0.4) is 0 Å². The highest BCUT2D eigenvalue weighted by atomic mass is 31.1. The Balaban J connectivity index is 1.84. The van der Waals surface area contributed by atoms with E-state index >= 15 is 0 Å². The lowest BCUT2D eigenvalue weighted by molar-refractivity contribution is -0.122. The van der Waals surface area contributed by atoms with Gasteiger partial charge in [0.25, 0.3) is 0 Å². The Kier molecular flexibility index (Phi) is 8.19. The van der Waals surface area contributed by atoms with Crippen molar-refractivity contribution < 1.29 is 9.90 Å². The fourth-order valence-electron chi connectivity index (χ4n) is 3.70. The third-order valence-corrected chi connectivity index (χ3v) is 8.44. The average Bonchev–Trinajstić information content (AvgIpc) is 2.79. The molecule has 2 atom stereocenters. The standard InChI is InChI=1S/C26H30NO2P/c1-20(2)25(18-26(29)27-24(19-28)21-12-6-3-7-13-21)30(22-14-8-4-9-15-22)23-16-10-5-11-17-23/h3-17,20,24-25,28H,18-19H2,1-2H3,(H,27,29)/t24-,25+/m0/s1. The van der Waals surface area contributed by atoms with Crippen molar-refractivity contribution in [1.82, 2.24) is 5.32 Å². The summed E-state index contributed by atoms with van der Waals surface area (Å²) in [5.41, 5.74) is 1.11. The van der Waals surface area contributed by atoms with Crippen LogP contribution in [0.2, 0.25) is 0 Å². The number of aliphatic hydroxyl groups excluding tert-OH is 1. The average molecular weight is 420 g/mol. The van der Waals surface area contributed by atoms with Gasteiger partial charge in [0.2, 0.25) is 5.91 Å². The van der Waals surface area contributed by atoms with E-state index < -0.39 is 7.92 Å². The Morgan fingerprint density at radius 1 is 0.833 bits per heavy atom. The molecule has 0 saturated carbocycles. The van der Waals surface area contributed by atoms with Crippen LogP contribution in [0.1, 0.15) is 31.9 Å². The van der Waals surface area contributed by atoms with Gasteiger partial charge in [-0.1, -0.05) is 105 Å². The maximum Gasteiger partial charge on any atom is 0.221 e. The summed E-state index contributed by atoms with van der Waals surface area (Å²) < 4.78 is 0. The van der Waals surface area contributed by atoms with Gasteiger partial charge < -0.3 is 10.4 Å². The number of nitrogens with one attached hydrogen (secondary N) is 1. The molecule has 156 valence electrons. The van der Waals surface area contributed by atoms with Crippen LogP contribution in [0.5, 0.6) is 0 Å². The lowest BCUT2D eigenvalue weighted by Gasteiger charge is -2.32. The summed E-state index contributed by atoms with van der Waals surface area (Å²) in [6.07, 6.45) is 0.427. The summed E-state index contributed by atoms with van der Waals surface area (Å²) in [7, 11) is -0.693. The molecule has 2 N–H and O–H groups in total. The molecule has 0 aliphatic carbocycles. The number of amides is 1. The summed E-state index contributed by atoms with van der Waals surface area (Å²) in [6.45, 7) is 4.27. The van der Waals surface area contributed by atoms with Crippen LogP contribution >= 0.6 is 7.92 Å². The molecule has 0 aliphatic heterocycles. The first-order chi connectivity index (χ1) is 14.6. The Bertz CT molecular complexity index is 861. The third kappa shape index (κ3) is 5.78. The molecule has 0 aliphatic rings. The van der Waals surface area contributed by atoms with E-state index in [-0.39, 0.29) is 24.2 Å². The molecule has 1 amide bonds. The Morgan fingerprint density at radius 3 is 1.73 bits per heavy atom. The van der Waals surface area contributed by atoms with Crippen molar-refractivity contribution >= 4 is 24.4 Å². The van der Waals surface area contributed by atoms with E-state index in [0.29, 0.717) is 12.3 Å². The van der Waals surface area contributed by atoms with Gasteiger partial charge in [-0.05, 0) is 35.7 Å². The molecule has 4 heteroatoms. The van der Waals surface area contributed by atoms with Gasteiger partial charge in [0.1, 0.15) is 0 Å². The van der Waals surface area contributed by atoms with Crippen LogP contribution < -0.4 is 15.9 Å². The highest BCUT2D eigenvalue weighted by Crippen LogP contribution is 2.44. The molecule has 0 fully saturated rings. The highest BCUT2D eigenvalue weighted by Gasteiger charge is 2.30. The second kappa shape index (κ2) is 11.1. The molecule has 3 aromatic carbocycles. The van der Waals surface area contributed by atoms with E-state index in [1.54, 1.807) is 0 Å². The minimum Gasteiger partial charge on any atom is -0.394 e. The molecule has 0 radical (unpaired) electrons. The second-order valence-electron chi connectivity index (χ2n) is 7.77. The Hall–Kier alpha value is -2.48. The smallest absolute Gasteiger partial charge is 0.221 e. The SMILES string of the molecule is CC(C)[C@@H](CC(=O)N[C@@H](CO)c1ccccc1)P(c1ccccc1)c1ccccc1. The van der Waals surface area contributed by atoms with Crippen LogP contribution in [-0.2, 0) is 4.79 Å². The number of carbonyl (C=O) groups excluding carboxylic acids is 1. The number of hydrogen-bond acceptors (Lipinski definition) is 2. The summed E-state index contributed by atoms with van der Waals surface area (Å²) in [5, 5.41) is 15.4. The van der Waals surface area contributed by atoms with Crippen LogP contribution in [0.15, 0.2) is 91.0 Å². The lowest BCUT2D eigenvalue weighted by Crippen LogP contribution is -2.36. The molecule has 0 heterocycles. The predicted molar refractivity (Wildman–Crippen MR) is 127 cm³/mol. The van der Waals surface area contributed by atoms with Gasteiger partial charge >= 0.3 is 0 Å². The predicted octanol–water partition coefficient (Wildman–Crippen LogP) is 4.38. The maximum atomic E-state index is 13.1. The summed E-state index contributed by atoms with van der Waals surface area (Å²) >= 11 is 0. The number of aliphatic hydroxyl groups is 1. The summed E-state index contributed by atoms with van der Waals surface area (Å²) in [5.74, 6) is 0.322. The molecular weight excluding hydrogens is 389 g/mol. The van der Waals surface area contributed by atoms with Gasteiger partial charge in [-0.2, -0.15) is 0 Å². The highest BCUT2D eigenvalue weighted by molar-refractivity contribution is 7.73. The minimum atomic E-state index is -0.693. The zero-order valence-electron chi connectivity index (χ0n) is 17.6. The van der Waals surface area contributed by atoms with Crippen molar-refractivity contribution in [2.75, 3.05) is 6.61 Å². The molecule has 0 saturated heterocycles. The molecule has 0 bridgehead atoms. The van der Waals surface area contributed by atoms with Gasteiger partial charge in [0.15, 0.2) is 0 Å². The van der Waals surface area contributed by atoms with Gasteiger partial charge in [-0.15, -0.1) is 0 Å². The minimum absolute atomic E-state index is 0.0176. The van der Waals surface area contributed by atoms with Crippen molar-refractivity contribution in [1.29, 1.82) is 0 Å². The molecule has 3 rings (SSSR count). The number of benzene rings is 3. The van der Waals surface area contributed by atoms with E-state index in [1.165, 1.54) is 10.6 Å². The Morgan fingerprint density at radius 2 is 1.30 bits per heavy atom. The maximum absolute atomic E-state index is 13.1. The van der Waals surface area contributed by atoms with Crippen molar-refractivity contribution in [3.05, 3.63) is 96.6 Å². The molecule has 30 heavy (non-hydrogen) atoms. The van der Waals surface area contributed by atoms with E-state index in [0.717, 1.165) is 5.56 Å². The largest absolute Gasteiger partial charge is 0.394 e. The van der Waals surface area contributed by atoms with Gasteiger partial charge in [-0.3, -0.25) is 4.79 Å². The number of carbonyl (C=O) groups is 1. The molecular formula is C26H30NO2P. The molecule has 3 aromatic rings. The molecule has 3 nitrogen and oxygen atoms in total. The van der Waals surface area contributed by atoms with E-state index in [4.69, 9.17) is 0 Å². The monoisotopic (exact) mass is 419 g/mol. The van der Waals surface area contributed by atoms with Crippen molar-refractivity contribution in [3.63, 3.8) is 0 Å². The van der Waals surface area contributed by atoms with E-state index in [2.05, 4.69) is 67.7 Å². The van der Waals surface area contributed by atoms with Crippen LogP contribution in [0.25, 0.3) is 0 Å². The first-order valence-electron chi connectivity index (χ1n) is 10.4. The lowest BCUT2D eigenvalue weighted by atomic mass is 10.1. The third-order valence-electron chi connectivity index (χ3n) is 5.28. The topological polar surface area (TPSA) is 49.3 Å². The summed E-state index contributed by atoms with van der Waals surface area (Å²) in [4.78, 5) is 13.1. The van der Waals surface area contributed by atoms with Gasteiger partial charge in [-0.25, -0.2) is 0 Å². The first kappa shape index (κ1) is 22.2. The van der Waals surface area contributed by atoms with E-state index in [1.807, 2.05) is 42.5 Å². The molecule has 0 spiro atoms. The van der Waals surface area contributed by atoms with Gasteiger partial charge in [0.05, 0.1) is 12.6 Å². The zero-order chi connectivity index (χ0) is 21.3. The van der Waals surface area contributed by atoms with Crippen LogP contribution in [-0.4, -0.2) is 23.3 Å². The van der Waals surface area contributed by atoms with Crippen LogP contribution in [0.4, 0.5) is 0 Å². The molecule has 0 unspecified atom stereocenters. The van der Waals surface area contributed by atoms with Gasteiger partial charge in [0, 0.05) is 6.42 Å². The normalized spacial score (nSPS) is 13.2. The quantitative estimate of drug-likeness (QED) is 0.506. The van der Waals surface area contributed by atoms with Crippen molar-refractivity contribution in [2.45, 2.75) is 32.0 Å². The number of hydrogen-bond donors (Lipinski definition) is 2.